The smallest absolute Gasteiger partial charge is 0.0749 e. The summed E-state index contributed by atoms with van der Waals surface area (Å²) in [5.41, 5.74) is 8.98. The summed E-state index contributed by atoms with van der Waals surface area (Å²) in [6.07, 6.45) is 1.82. The van der Waals surface area contributed by atoms with Crippen molar-refractivity contribution in [2.45, 2.75) is 6.54 Å². The molecule has 4 heteroatoms. The van der Waals surface area contributed by atoms with Gasteiger partial charge in [0.15, 0.2) is 0 Å². The molecule has 3 aromatic rings. The van der Waals surface area contributed by atoms with Crippen molar-refractivity contribution in [1.29, 1.82) is 0 Å². The van der Waals surface area contributed by atoms with Gasteiger partial charge in [-0.05, 0) is 24.3 Å². The van der Waals surface area contributed by atoms with Crippen LogP contribution in [0.15, 0.2) is 54.0 Å². The Hall–Kier alpha value is -1.91. The van der Waals surface area contributed by atoms with E-state index in [0.717, 1.165) is 11.4 Å². The van der Waals surface area contributed by atoms with E-state index in [9.17, 15) is 0 Å². The molecule has 18 heavy (non-hydrogen) atoms. The van der Waals surface area contributed by atoms with Crippen LogP contribution in [0.3, 0.4) is 0 Å². The normalized spacial score (nSPS) is 10.7. The molecule has 0 saturated carbocycles. The number of hydrogen-bond donors (Lipinski definition) is 1. The highest BCUT2D eigenvalue weighted by Crippen LogP contribution is 2.27. The van der Waals surface area contributed by atoms with Crippen LogP contribution in [-0.2, 0) is 6.54 Å². The van der Waals surface area contributed by atoms with Gasteiger partial charge in [-0.25, -0.2) is 4.68 Å². The lowest BCUT2D eigenvalue weighted by Crippen LogP contribution is -1.97. The third-order valence-corrected chi connectivity index (χ3v) is 3.75. The van der Waals surface area contributed by atoms with E-state index in [1.165, 1.54) is 10.4 Å². The lowest BCUT2D eigenvalue weighted by molar-refractivity contribution is 0.888. The molecular weight excluding hydrogens is 242 g/mol. The Morgan fingerprint density at radius 3 is 2.72 bits per heavy atom. The van der Waals surface area contributed by atoms with Gasteiger partial charge in [0.25, 0.3) is 0 Å². The lowest BCUT2D eigenvalue weighted by Gasteiger charge is -2.05. The maximum Gasteiger partial charge on any atom is 0.0749 e. The fourth-order valence-corrected chi connectivity index (χ4v) is 2.68. The van der Waals surface area contributed by atoms with E-state index in [2.05, 4.69) is 16.5 Å². The summed E-state index contributed by atoms with van der Waals surface area (Å²) in [6, 6.07) is 14.3. The topological polar surface area (TPSA) is 43.8 Å². The van der Waals surface area contributed by atoms with E-state index >= 15 is 0 Å². The summed E-state index contributed by atoms with van der Waals surface area (Å²) in [6.45, 7) is 0.587. The van der Waals surface area contributed by atoms with Gasteiger partial charge in [-0.1, -0.05) is 18.2 Å². The predicted octanol–water partition coefficient (Wildman–Crippen LogP) is 3.06. The molecule has 90 valence electrons. The number of aromatic nitrogens is 2. The number of rotatable bonds is 3. The first-order valence-electron chi connectivity index (χ1n) is 5.76. The van der Waals surface area contributed by atoms with E-state index < -0.39 is 0 Å². The molecule has 0 aliphatic heterocycles. The van der Waals surface area contributed by atoms with Crippen molar-refractivity contribution < 1.29 is 0 Å². The Bertz CT molecular complexity index is 640. The maximum absolute atomic E-state index is 5.65. The number of thiophene rings is 1. The summed E-state index contributed by atoms with van der Waals surface area (Å²) < 4.78 is 1.95. The largest absolute Gasteiger partial charge is 0.326 e. The molecule has 0 aliphatic carbocycles. The predicted molar refractivity (Wildman–Crippen MR) is 74.8 cm³/mol. The first kappa shape index (κ1) is 11.2. The van der Waals surface area contributed by atoms with Crippen molar-refractivity contribution in [1.82, 2.24) is 9.78 Å². The molecule has 2 aromatic heterocycles. The van der Waals surface area contributed by atoms with Crippen LogP contribution in [0, 0.1) is 0 Å². The molecule has 2 N–H and O–H groups in total. The molecule has 3 rings (SSSR count). The fraction of sp³-hybridized carbons (Fsp3) is 0.0714. The molecule has 0 amide bonds. The molecule has 1 aromatic carbocycles. The number of benzene rings is 1. The van der Waals surface area contributed by atoms with Gasteiger partial charge >= 0.3 is 0 Å². The van der Waals surface area contributed by atoms with Crippen LogP contribution < -0.4 is 5.73 Å². The second-order valence-electron chi connectivity index (χ2n) is 3.97. The second-order valence-corrected chi connectivity index (χ2v) is 4.97. The van der Waals surface area contributed by atoms with Crippen molar-refractivity contribution >= 4 is 11.3 Å². The van der Waals surface area contributed by atoms with E-state index in [1.54, 1.807) is 11.3 Å². The van der Waals surface area contributed by atoms with E-state index in [0.29, 0.717) is 6.54 Å². The van der Waals surface area contributed by atoms with E-state index in [-0.39, 0.29) is 0 Å². The molecule has 0 spiro atoms. The number of nitrogens with two attached hydrogens (primary N) is 1. The molecule has 0 fully saturated rings. The molecule has 0 radical (unpaired) electrons. The minimum atomic E-state index is 0.587. The van der Waals surface area contributed by atoms with Crippen LogP contribution in [0.2, 0.25) is 0 Å². The Labute approximate surface area is 109 Å². The summed E-state index contributed by atoms with van der Waals surface area (Å²) in [7, 11) is 0. The Morgan fingerprint density at radius 1 is 1.17 bits per heavy atom. The van der Waals surface area contributed by atoms with E-state index in [4.69, 9.17) is 5.73 Å². The molecular formula is C14H13N3S. The Morgan fingerprint density at radius 2 is 2.00 bits per heavy atom. The minimum Gasteiger partial charge on any atom is -0.326 e. The SMILES string of the molecule is NCc1cc(-c2ccnn2-c2ccccc2)cs1. The number of hydrogen-bond acceptors (Lipinski definition) is 3. The number of nitrogens with zero attached hydrogens (tertiary/aromatic N) is 2. The van der Waals surface area contributed by atoms with Crippen LogP contribution in [0.4, 0.5) is 0 Å². The zero-order chi connectivity index (χ0) is 12.4. The third-order valence-electron chi connectivity index (χ3n) is 2.79. The standard InChI is InChI=1S/C14H13N3S/c15-9-13-8-11(10-18-13)14-6-7-16-17(14)12-4-2-1-3-5-12/h1-8,10H,9,15H2. The Kier molecular flexibility index (Phi) is 2.96. The van der Waals surface area contributed by atoms with Crippen molar-refractivity contribution in [3.63, 3.8) is 0 Å². The average molecular weight is 255 g/mol. The maximum atomic E-state index is 5.65. The summed E-state index contributed by atoms with van der Waals surface area (Å²) in [4.78, 5) is 1.19. The summed E-state index contributed by atoms with van der Waals surface area (Å²) >= 11 is 1.69. The summed E-state index contributed by atoms with van der Waals surface area (Å²) in [5.74, 6) is 0. The van der Waals surface area contributed by atoms with Gasteiger partial charge in [0.2, 0.25) is 0 Å². The van der Waals surface area contributed by atoms with Gasteiger partial charge in [0.1, 0.15) is 0 Å². The highest BCUT2D eigenvalue weighted by molar-refractivity contribution is 7.10. The first-order chi connectivity index (χ1) is 8.88. The molecule has 0 unspecified atom stereocenters. The van der Waals surface area contributed by atoms with Crippen molar-refractivity contribution in [3.8, 4) is 16.9 Å². The van der Waals surface area contributed by atoms with Gasteiger partial charge in [0.05, 0.1) is 17.6 Å². The fourth-order valence-electron chi connectivity index (χ4n) is 1.92. The van der Waals surface area contributed by atoms with Gasteiger partial charge in [-0.15, -0.1) is 11.3 Å². The van der Waals surface area contributed by atoms with Gasteiger partial charge in [-0.2, -0.15) is 5.10 Å². The molecule has 0 atom stereocenters. The van der Waals surface area contributed by atoms with Crippen LogP contribution in [0.25, 0.3) is 16.9 Å². The average Bonchev–Trinajstić information content (AvgIpc) is 3.08. The monoisotopic (exact) mass is 255 g/mol. The quantitative estimate of drug-likeness (QED) is 0.781. The van der Waals surface area contributed by atoms with Crippen molar-refractivity contribution in [2.24, 2.45) is 5.73 Å². The second kappa shape index (κ2) is 4.76. The van der Waals surface area contributed by atoms with Crippen LogP contribution in [0.5, 0.6) is 0 Å². The third kappa shape index (κ3) is 1.96. The van der Waals surface area contributed by atoms with Crippen molar-refractivity contribution in [3.05, 3.63) is 58.9 Å². The first-order valence-corrected chi connectivity index (χ1v) is 6.64. The summed E-state index contributed by atoms with van der Waals surface area (Å²) in [5, 5.41) is 6.51. The highest BCUT2D eigenvalue weighted by Gasteiger charge is 2.08. The molecule has 0 aliphatic rings. The molecule has 2 heterocycles. The molecule has 0 saturated heterocycles. The molecule has 0 bridgehead atoms. The highest BCUT2D eigenvalue weighted by atomic mass is 32.1. The zero-order valence-electron chi connectivity index (χ0n) is 9.78. The van der Waals surface area contributed by atoms with Gasteiger partial charge < -0.3 is 5.73 Å². The molecule has 3 nitrogen and oxygen atoms in total. The van der Waals surface area contributed by atoms with Crippen molar-refractivity contribution in [2.75, 3.05) is 0 Å². The van der Waals surface area contributed by atoms with Crippen LogP contribution in [0.1, 0.15) is 4.88 Å². The minimum absolute atomic E-state index is 0.587. The van der Waals surface area contributed by atoms with Gasteiger partial charge in [0, 0.05) is 22.4 Å². The zero-order valence-corrected chi connectivity index (χ0v) is 10.6. The number of para-hydroxylation sites is 1. The van der Waals surface area contributed by atoms with Gasteiger partial charge in [-0.3, -0.25) is 0 Å². The lowest BCUT2D eigenvalue weighted by atomic mass is 10.2. The van der Waals surface area contributed by atoms with Crippen LogP contribution in [-0.4, -0.2) is 9.78 Å². The van der Waals surface area contributed by atoms with E-state index in [1.807, 2.05) is 47.3 Å². The Balaban J connectivity index is 2.07. The van der Waals surface area contributed by atoms with Crippen LogP contribution >= 0.6 is 11.3 Å².